The van der Waals surface area contributed by atoms with Crippen LogP contribution in [0, 0.1) is 6.92 Å². The number of oxazole rings is 1. The maximum atomic E-state index is 12.9. The molecule has 31 heavy (non-hydrogen) atoms. The number of rotatable bonds is 4. The lowest BCUT2D eigenvalue weighted by Crippen LogP contribution is -2.39. The molecule has 1 saturated heterocycles. The zero-order chi connectivity index (χ0) is 21.4. The molecule has 0 N–H and O–H groups in total. The highest BCUT2D eigenvalue weighted by atomic mass is 16.3. The summed E-state index contributed by atoms with van der Waals surface area (Å²) in [6.45, 7) is 3.57. The van der Waals surface area contributed by atoms with Gasteiger partial charge in [0.1, 0.15) is 5.52 Å². The predicted molar refractivity (Wildman–Crippen MR) is 118 cm³/mol. The van der Waals surface area contributed by atoms with E-state index in [4.69, 9.17) is 4.42 Å². The topological polar surface area (TPSA) is 81.2 Å². The molecule has 4 aromatic rings. The Hall–Kier alpha value is -3.48. The Balaban J connectivity index is 1.28. The number of hydrogen-bond acceptors (Lipinski definition) is 5. The number of carbonyl (C=O) groups is 1. The second-order valence-corrected chi connectivity index (χ2v) is 8.16. The summed E-state index contributed by atoms with van der Waals surface area (Å²) in [4.78, 5) is 36.6. The van der Waals surface area contributed by atoms with Crippen LogP contribution in [-0.4, -0.2) is 38.4 Å². The number of aryl methyl sites for hydroxylation is 2. The maximum Gasteiger partial charge on any atom is 0.261 e. The summed E-state index contributed by atoms with van der Waals surface area (Å²) < 4.78 is 7.46. The van der Waals surface area contributed by atoms with Crippen LogP contribution in [0.4, 0.5) is 0 Å². The van der Waals surface area contributed by atoms with Crippen molar-refractivity contribution in [1.82, 2.24) is 19.4 Å². The average molecular weight is 416 g/mol. The fraction of sp³-hybridized carbons (Fsp3) is 0.333. The first-order valence-corrected chi connectivity index (χ1v) is 10.7. The molecule has 2 aromatic carbocycles. The van der Waals surface area contributed by atoms with Crippen molar-refractivity contribution >= 4 is 27.9 Å². The molecule has 3 heterocycles. The van der Waals surface area contributed by atoms with E-state index in [1.54, 1.807) is 12.4 Å². The van der Waals surface area contributed by atoms with Gasteiger partial charge in [-0.2, -0.15) is 0 Å². The fourth-order valence-corrected chi connectivity index (χ4v) is 4.34. The van der Waals surface area contributed by atoms with Gasteiger partial charge in [-0.25, -0.2) is 9.97 Å². The number of hydrogen-bond donors (Lipinski definition) is 0. The van der Waals surface area contributed by atoms with Gasteiger partial charge >= 0.3 is 0 Å². The van der Waals surface area contributed by atoms with Crippen molar-refractivity contribution in [2.45, 2.75) is 38.6 Å². The molecule has 1 fully saturated rings. The predicted octanol–water partition coefficient (Wildman–Crippen LogP) is 3.64. The van der Waals surface area contributed by atoms with Gasteiger partial charge in [-0.05, 0) is 43.5 Å². The normalized spacial score (nSPS) is 16.8. The summed E-state index contributed by atoms with van der Waals surface area (Å²) in [5, 5.41) is 0.587. The molecule has 7 heteroatoms. The number of amides is 1. The van der Waals surface area contributed by atoms with E-state index in [2.05, 4.69) is 9.97 Å². The quantitative estimate of drug-likeness (QED) is 0.507. The molecule has 158 valence electrons. The molecule has 0 bridgehead atoms. The van der Waals surface area contributed by atoms with E-state index in [-0.39, 0.29) is 23.8 Å². The smallest absolute Gasteiger partial charge is 0.261 e. The summed E-state index contributed by atoms with van der Waals surface area (Å²) in [5.74, 6) is 0.833. The third kappa shape index (κ3) is 3.71. The minimum Gasteiger partial charge on any atom is -0.440 e. The van der Waals surface area contributed by atoms with Crippen LogP contribution < -0.4 is 5.56 Å². The largest absolute Gasteiger partial charge is 0.440 e. The Morgan fingerprint density at radius 1 is 1.19 bits per heavy atom. The third-order valence-electron chi connectivity index (χ3n) is 6.06. The number of likely N-dealkylation sites (tertiary alicyclic amines) is 1. The van der Waals surface area contributed by atoms with E-state index in [0.717, 1.165) is 36.0 Å². The van der Waals surface area contributed by atoms with Crippen molar-refractivity contribution < 1.29 is 9.21 Å². The zero-order valence-electron chi connectivity index (χ0n) is 17.5. The van der Waals surface area contributed by atoms with E-state index >= 15 is 0 Å². The van der Waals surface area contributed by atoms with Gasteiger partial charge in [0.05, 0.1) is 23.1 Å². The Labute approximate surface area is 179 Å². The van der Waals surface area contributed by atoms with E-state index < -0.39 is 0 Å². The molecule has 1 atom stereocenters. The molecule has 1 amide bonds. The van der Waals surface area contributed by atoms with Crippen LogP contribution in [0.15, 0.2) is 58.0 Å². The third-order valence-corrected chi connectivity index (χ3v) is 6.06. The molecule has 0 aliphatic carbocycles. The van der Waals surface area contributed by atoms with Gasteiger partial charge in [0.2, 0.25) is 5.91 Å². The van der Waals surface area contributed by atoms with Crippen LogP contribution in [0.3, 0.4) is 0 Å². The average Bonchev–Trinajstić information content (AvgIpc) is 3.23. The standard InChI is InChI=1S/C24H24N4O3/c1-16-6-4-8-18-22(16)25-15-28(24(18)30)13-11-21(29)27-12-5-7-17(14-27)23-26-19-9-2-3-10-20(19)31-23/h2-4,6,8-10,15,17H,5,7,11-14H2,1H3. The molecular formula is C24H24N4O3. The van der Waals surface area contributed by atoms with Crippen molar-refractivity contribution in [2.75, 3.05) is 13.1 Å². The molecule has 1 aliphatic heterocycles. The van der Waals surface area contributed by atoms with Gasteiger partial charge in [-0.3, -0.25) is 14.2 Å². The molecule has 7 nitrogen and oxygen atoms in total. The second-order valence-electron chi connectivity index (χ2n) is 8.16. The van der Waals surface area contributed by atoms with E-state index in [0.29, 0.717) is 29.9 Å². The van der Waals surface area contributed by atoms with Crippen LogP contribution >= 0.6 is 0 Å². The molecule has 5 rings (SSSR count). The zero-order valence-corrected chi connectivity index (χ0v) is 17.5. The molecule has 1 unspecified atom stereocenters. The highest BCUT2D eigenvalue weighted by Crippen LogP contribution is 2.29. The fourth-order valence-electron chi connectivity index (χ4n) is 4.34. The van der Waals surface area contributed by atoms with Crippen molar-refractivity contribution in [2.24, 2.45) is 0 Å². The molecule has 1 aliphatic rings. The van der Waals surface area contributed by atoms with Gasteiger partial charge in [-0.15, -0.1) is 0 Å². The Kier molecular flexibility index (Phi) is 5.02. The Morgan fingerprint density at radius 2 is 2.06 bits per heavy atom. The van der Waals surface area contributed by atoms with E-state index in [1.165, 1.54) is 4.57 Å². The molecular weight excluding hydrogens is 392 g/mol. The van der Waals surface area contributed by atoms with Crippen LogP contribution in [0.25, 0.3) is 22.0 Å². The first-order valence-electron chi connectivity index (χ1n) is 10.7. The minimum absolute atomic E-state index is 0.0389. The van der Waals surface area contributed by atoms with Gasteiger partial charge in [0.25, 0.3) is 5.56 Å². The van der Waals surface area contributed by atoms with Crippen molar-refractivity contribution in [1.29, 1.82) is 0 Å². The Morgan fingerprint density at radius 3 is 2.94 bits per heavy atom. The summed E-state index contributed by atoms with van der Waals surface area (Å²) >= 11 is 0. The number of nitrogens with zero attached hydrogens (tertiary/aromatic N) is 4. The van der Waals surface area contributed by atoms with Crippen molar-refractivity contribution in [3.05, 3.63) is 70.6 Å². The first kappa shape index (κ1) is 19.5. The van der Waals surface area contributed by atoms with E-state index in [9.17, 15) is 9.59 Å². The lowest BCUT2D eigenvalue weighted by molar-refractivity contribution is -0.132. The van der Waals surface area contributed by atoms with Crippen LogP contribution in [0.5, 0.6) is 0 Å². The van der Waals surface area contributed by atoms with Crippen molar-refractivity contribution in [3.63, 3.8) is 0 Å². The van der Waals surface area contributed by atoms with Crippen molar-refractivity contribution in [3.8, 4) is 0 Å². The lowest BCUT2D eigenvalue weighted by Gasteiger charge is -2.31. The number of fused-ring (bicyclic) bond motifs is 2. The number of aromatic nitrogens is 3. The first-order chi connectivity index (χ1) is 15.1. The monoisotopic (exact) mass is 416 g/mol. The summed E-state index contributed by atoms with van der Waals surface area (Å²) in [5.41, 5.74) is 3.20. The van der Waals surface area contributed by atoms with Gasteiger partial charge < -0.3 is 9.32 Å². The second kappa shape index (κ2) is 7.98. The number of carbonyl (C=O) groups excluding carboxylic acids is 1. The SMILES string of the molecule is Cc1cccc2c(=O)n(CCC(=O)N3CCCC(c4nc5ccccc5o4)C3)cnc12. The lowest BCUT2D eigenvalue weighted by atomic mass is 9.97. The number of para-hydroxylation sites is 3. The summed E-state index contributed by atoms with van der Waals surface area (Å²) in [6, 6.07) is 13.3. The van der Waals surface area contributed by atoms with Crippen LogP contribution in [-0.2, 0) is 11.3 Å². The van der Waals surface area contributed by atoms with Crippen LogP contribution in [0.2, 0.25) is 0 Å². The minimum atomic E-state index is -0.107. The van der Waals surface area contributed by atoms with Gasteiger partial charge in [0, 0.05) is 26.1 Å². The molecule has 2 aromatic heterocycles. The molecule has 0 radical (unpaired) electrons. The summed E-state index contributed by atoms with van der Waals surface area (Å²) in [7, 11) is 0. The highest BCUT2D eigenvalue weighted by Gasteiger charge is 2.28. The molecule has 0 spiro atoms. The van der Waals surface area contributed by atoms with E-state index in [1.807, 2.05) is 48.2 Å². The number of benzene rings is 2. The number of piperidine rings is 1. The Bertz CT molecular complexity index is 1290. The van der Waals surface area contributed by atoms with Gasteiger partial charge in [-0.1, -0.05) is 24.3 Å². The highest BCUT2D eigenvalue weighted by molar-refractivity contribution is 5.80. The van der Waals surface area contributed by atoms with Crippen LogP contribution in [0.1, 0.15) is 36.6 Å². The van der Waals surface area contributed by atoms with Gasteiger partial charge in [0.15, 0.2) is 11.5 Å². The summed E-state index contributed by atoms with van der Waals surface area (Å²) in [6.07, 6.45) is 3.66. The molecule has 0 saturated carbocycles. The maximum absolute atomic E-state index is 12.9.